The molecule has 3 rings (SSSR count). The number of aromatic amines is 1. The topological polar surface area (TPSA) is 41.8 Å². The van der Waals surface area contributed by atoms with E-state index in [1.165, 1.54) is 0 Å². The number of nitrogens with one attached hydrogen (secondary N) is 1. The first-order valence-corrected chi connectivity index (χ1v) is 4.85. The van der Waals surface area contributed by atoms with E-state index in [0.717, 1.165) is 27.7 Å². The number of furan rings is 1. The Kier molecular flexibility index (Phi) is 1.81. The minimum atomic E-state index is 0.806. The highest BCUT2D eigenvalue weighted by molar-refractivity contribution is 5.86. The van der Waals surface area contributed by atoms with Crippen molar-refractivity contribution in [3.63, 3.8) is 0 Å². The van der Waals surface area contributed by atoms with E-state index in [-0.39, 0.29) is 0 Å². The maximum absolute atomic E-state index is 5.41. The van der Waals surface area contributed by atoms with Gasteiger partial charge < -0.3 is 9.40 Å². The first kappa shape index (κ1) is 8.81. The van der Waals surface area contributed by atoms with Gasteiger partial charge in [-0.25, -0.2) is 4.98 Å². The minimum absolute atomic E-state index is 0.806. The predicted molar refractivity (Wildman–Crippen MR) is 61.7 cm³/mol. The summed E-state index contributed by atoms with van der Waals surface area (Å²) in [4.78, 5) is 7.35. The van der Waals surface area contributed by atoms with Crippen LogP contribution in [-0.2, 0) is 0 Å². The molecule has 3 aromatic heterocycles. The van der Waals surface area contributed by atoms with Crippen LogP contribution in [0.15, 0.2) is 41.5 Å². The molecule has 1 N–H and O–H groups in total. The van der Waals surface area contributed by atoms with Gasteiger partial charge >= 0.3 is 0 Å². The van der Waals surface area contributed by atoms with Gasteiger partial charge in [-0.2, -0.15) is 0 Å². The highest BCUT2D eigenvalue weighted by Crippen LogP contribution is 2.24. The molecule has 0 aliphatic rings. The summed E-state index contributed by atoms with van der Waals surface area (Å²) in [6, 6.07) is 3.91. The van der Waals surface area contributed by atoms with Crippen molar-refractivity contribution in [1.82, 2.24) is 9.97 Å². The van der Waals surface area contributed by atoms with E-state index < -0.39 is 0 Å². The zero-order chi connectivity index (χ0) is 11.0. The molecule has 0 bridgehead atoms. The van der Waals surface area contributed by atoms with Crippen LogP contribution in [-0.4, -0.2) is 9.97 Å². The van der Waals surface area contributed by atoms with Gasteiger partial charge in [-0.1, -0.05) is 5.92 Å². The van der Waals surface area contributed by atoms with Crippen LogP contribution < -0.4 is 0 Å². The van der Waals surface area contributed by atoms with Gasteiger partial charge in [0.15, 0.2) is 0 Å². The fourth-order valence-electron chi connectivity index (χ4n) is 1.71. The molecule has 0 atom stereocenters. The summed E-state index contributed by atoms with van der Waals surface area (Å²) >= 11 is 0. The lowest BCUT2D eigenvalue weighted by atomic mass is 10.1. The number of pyridine rings is 1. The normalized spacial score (nSPS) is 10.4. The Balaban J connectivity index is 2.26. The van der Waals surface area contributed by atoms with Crippen LogP contribution in [0.5, 0.6) is 0 Å². The highest BCUT2D eigenvalue weighted by atomic mass is 16.3. The van der Waals surface area contributed by atoms with Crippen molar-refractivity contribution in [2.75, 3.05) is 0 Å². The number of terminal acetylenes is 1. The fourth-order valence-corrected chi connectivity index (χ4v) is 1.71. The van der Waals surface area contributed by atoms with Crippen LogP contribution in [0.25, 0.3) is 22.2 Å². The van der Waals surface area contributed by atoms with E-state index in [1.807, 2.05) is 12.1 Å². The molecule has 0 saturated heterocycles. The van der Waals surface area contributed by atoms with E-state index in [4.69, 9.17) is 10.8 Å². The molecule has 3 heteroatoms. The summed E-state index contributed by atoms with van der Waals surface area (Å²) in [6.45, 7) is 0. The summed E-state index contributed by atoms with van der Waals surface area (Å²) in [5, 5.41) is 0.959. The maximum Gasteiger partial charge on any atom is 0.138 e. The number of rotatable bonds is 1. The average molecular weight is 208 g/mol. The maximum atomic E-state index is 5.41. The Labute approximate surface area is 92.1 Å². The molecule has 0 spiro atoms. The van der Waals surface area contributed by atoms with Crippen LogP contribution in [0.3, 0.4) is 0 Å². The second-order valence-corrected chi connectivity index (χ2v) is 3.48. The van der Waals surface area contributed by atoms with Crippen molar-refractivity contribution >= 4 is 11.0 Å². The SMILES string of the molecule is C#Cc1c[nH]c2ncc(-c3ccoc3)cc12. The molecule has 3 heterocycles. The van der Waals surface area contributed by atoms with Gasteiger partial charge in [-0.3, -0.25) is 0 Å². The summed E-state index contributed by atoms with van der Waals surface area (Å²) in [5.74, 6) is 2.63. The molecule has 0 aliphatic carbocycles. The molecule has 3 nitrogen and oxygen atoms in total. The van der Waals surface area contributed by atoms with Crippen LogP contribution in [0.2, 0.25) is 0 Å². The number of fused-ring (bicyclic) bond motifs is 1. The molecule has 16 heavy (non-hydrogen) atoms. The molecule has 0 amide bonds. The van der Waals surface area contributed by atoms with Gasteiger partial charge in [0.1, 0.15) is 5.65 Å². The van der Waals surface area contributed by atoms with Crippen LogP contribution in [0, 0.1) is 12.3 Å². The van der Waals surface area contributed by atoms with Gasteiger partial charge in [0.25, 0.3) is 0 Å². The van der Waals surface area contributed by atoms with Crippen molar-refractivity contribution in [2.24, 2.45) is 0 Å². The van der Waals surface area contributed by atoms with Crippen LogP contribution >= 0.6 is 0 Å². The second kappa shape index (κ2) is 3.28. The average Bonchev–Trinajstić information content (AvgIpc) is 2.97. The third-order valence-electron chi connectivity index (χ3n) is 2.54. The summed E-state index contributed by atoms with van der Waals surface area (Å²) in [6.07, 6.45) is 12.3. The van der Waals surface area contributed by atoms with E-state index in [9.17, 15) is 0 Å². The number of nitrogens with zero attached hydrogens (tertiary/aromatic N) is 1. The molecule has 0 unspecified atom stereocenters. The molecule has 76 valence electrons. The van der Waals surface area contributed by atoms with E-state index in [2.05, 4.69) is 15.9 Å². The zero-order valence-corrected chi connectivity index (χ0v) is 8.40. The second-order valence-electron chi connectivity index (χ2n) is 3.48. The molecule has 0 aliphatic heterocycles. The number of hydrogen-bond acceptors (Lipinski definition) is 2. The molecule has 0 radical (unpaired) electrons. The largest absolute Gasteiger partial charge is 0.472 e. The molecule has 0 saturated carbocycles. The summed E-state index contributed by atoms with van der Waals surface area (Å²) in [5.41, 5.74) is 3.63. The number of aromatic nitrogens is 2. The smallest absolute Gasteiger partial charge is 0.138 e. The Morgan fingerprint density at radius 1 is 1.38 bits per heavy atom. The Bertz CT molecular complexity index is 672. The van der Waals surface area contributed by atoms with Crippen LogP contribution in [0.1, 0.15) is 5.56 Å². The van der Waals surface area contributed by atoms with Gasteiger partial charge in [-0.05, 0) is 12.1 Å². The van der Waals surface area contributed by atoms with Crippen molar-refractivity contribution in [3.05, 3.63) is 42.6 Å². The van der Waals surface area contributed by atoms with Gasteiger partial charge in [0, 0.05) is 28.9 Å². The van der Waals surface area contributed by atoms with Crippen molar-refractivity contribution in [3.8, 4) is 23.5 Å². The zero-order valence-electron chi connectivity index (χ0n) is 8.40. The van der Waals surface area contributed by atoms with Crippen molar-refractivity contribution < 1.29 is 4.42 Å². The molecular formula is C13H8N2O. The lowest BCUT2D eigenvalue weighted by Crippen LogP contribution is -1.80. The third-order valence-corrected chi connectivity index (χ3v) is 2.54. The standard InChI is InChI=1S/C13H8N2O/c1-2-9-6-14-13-12(9)5-11(7-15-13)10-3-4-16-8-10/h1,3-8H,(H,14,15). The summed E-state index contributed by atoms with van der Waals surface area (Å²) in [7, 11) is 0. The minimum Gasteiger partial charge on any atom is -0.472 e. The predicted octanol–water partition coefficient (Wildman–Crippen LogP) is 2.80. The lowest BCUT2D eigenvalue weighted by molar-refractivity contribution is 0.568. The third kappa shape index (κ3) is 1.21. The lowest BCUT2D eigenvalue weighted by Gasteiger charge is -1.96. The number of H-pyrrole nitrogens is 1. The van der Waals surface area contributed by atoms with Gasteiger partial charge in [-0.15, -0.1) is 6.42 Å². The highest BCUT2D eigenvalue weighted by Gasteiger charge is 2.05. The van der Waals surface area contributed by atoms with E-state index >= 15 is 0 Å². The Morgan fingerprint density at radius 3 is 3.06 bits per heavy atom. The first-order valence-electron chi connectivity index (χ1n) is 4.85. The number of hydrogen-bond donors (Lipinski definition) is 1. The van der Waals surface area contributed by atoms with Crippen LogP contribution in [0.4, 0.5) is 0 Å². The summed E-state index contributed by atoms with van der Waals surface area (Å²) < 4.78 is 5.04. The quantitative estimate of drug-likeness (QED) is 0.625. The van der Waals surface area contributed by atoms with E-state index in [0.29, 0.717) is 0 Å². The Hall–Kier alpha value is -2.47. The van der Waals surface area contributed by atoms with E-state index in [1.54, 1.807) is 24.9 Å². The fraction of sp³-hybridized carbons (Fsp3) is 0. The molecule has 3 aromatic rings. The molecular weight excluding hydrogens is 200 g/mol. The molecule has 0 fully saturated rings. The monoisotopic (exact) mass is 208 g/mol. The van der Waals surface area contributed by atoms with Gasteiger partial charge in [0.2, 0.25) is 0 Å². The molecule has 0 aromatic carbocycles. The van der Waals surface area contributed by atoms with Crippen molar-refractivity contribution in [1.29, 1.82) is 0 Å². The Morgan fingerprint density at radius 2 is 2.31 bits per heavy atom. The van der Waals surface area contributed by atoms with Gasteiger partial charge in [0.05, 0.1) is 18.1 Å². The first-order chi connectivity index (χ1) is 7.88. The van der Waals surface area contributed by atoms with Crippen molar-refractivity contribution in [2.45, 2.75) is 0 Å².